The van der Waals surface area contributed by atoms with E-state index < -0.39 is 8.32 Å². The summed E-state index contributed by atoms with van der Waals surface area (Å²) in [6.07, 6.45) is 3.07. The predicted octanol–water partition coefficient (Wildman–Crippen LogP) is 4.22. The Morgan fingerprint density at radius 1 is 1.32 bits per heavy atom. The Morgan fingerprint density at radius 2 is 1.95 bits per heavy atom. The van der Waals surface area contributed by atoms with Gasteiger partial charge in [-0.05, 0) is 30.3 Å². The molecule has 2 nitrogen and oxygen atoms in total. The van der Waals surface area contributed by atoms with Crippen LogP contribution in [0.25, 0.3) is 6.08 Å². The zero-order valence-corrected chi connectivity index (χ0v) is 13.3. The fourth-order valence-corrected chi connectivity index (χ4v) is 2.36. The van der Waals surface area contributed by atoms with Gasteiger partial charge in [-0.3, -0.25) is 0 Å². The first-order valence-corrected chi connectivity index (χ1v) is 9.34. The first-order chi connectivity index (χ1) is 8.67. The van der Waals surface area contributed by atoms with E-state index in [1.54, 1.807) is 18.2 Å². The molecule has 0 heterocycles. The molecule has 0 aliphatic heterocycles. The van der Waals surface area contributed by atoms with Gasteiger partial charge >= 0.3 is 0 Å². The fraction of sp³-hybridized carbons (Fsp3) is 0.467. The number of benzene rings is 1. The molecule has 106 valence electrons. The molecule has 0 atom stereocenters. The maximum atomic E-state index is 13.8. The quantitative estimate of drug-likeness (QED) is 0.838. The molecule has 0 saturated heterocycles. The van der Waals surface area contributed by atoms with Crippen LogP contribution in [0.2, 0.25) is 18.1 Å². The van der Waals surface area contributed by atoms with Crippen molar-refractivity contribution in [3.8, 4) is 5.75 Å². The summed E-state index contributed by atoms with van der Waals surface area (Å²) in [4.78, 5) is 0. The monoisotopic (exact) mass is 282 g/mol. The van der Waals surface area contributed by atoms with E-state index in [2.05, 4.69) is 33.9 Å². The highest BCUT2D eigenvalue weighted by Gasteiger charge is 2.39. The third-order valence-electron chi connectivity index (χ3n) is 3.55. The highest BCUT2D eigenvalue weighted by molar-refractivity contribution is 6.74. The Hall–Kier alpha value is -1.13. The maximum absolute atomic E-state index is 13.8. The lowest BCUT2D eigenvalue weighted by atomic mass is 10.2. The second-order valence-electron chi connectivity index (χ2n) is 6.13. The van der Waals surface area contributed by atoms with Gasteiger partial charge in [0, 0.05) is 11.6 Å². The Balaban J connectivity index is 2.94. The van der Waals surface area contributed by atoms with Gasteiger partial charge in [-0.2, -0.15) is 0 Å². The molecule has 0 aromatic heterocycles. The van der Waals surface area contributed by atoms with Crippen LogP contribution in [0.1, 0.15) is 26.3 Å². The molecule has 0 radical (unpaired) electrons. The molecule has 0 fully saturated rings. The third-order valence-corrected chi connectivity index (χ3v) is 7.91. The summed E-state index contributed by atoms with van der Waals surface area (Å²) in [6.45, 7) is 10.6. The molecular weight excluding hydrogens is 259 g/mol. The summed E-state index contributed by atoms with van der Waals surface area (Å²) >= 11 is 0. The molecule has 0 aliphatic carbocycles. The molecule has 0 aliphatic rings. The molecule has 0 bridgehead atoms. The Labute approximate surface area is 116 Å². The molecule has 19 heavy (non-hydrogen) atoms. The average Bonchev–Trinajstić information content (AvgIpc) is 2.26. The van der Waals surface area contributed by atoms with E-state index in [4.69, 9.17) is 9.53 Å². The van der Waals surface area contributed by atoms with Crippen molar-refractivity contribution in [2.75, 3.05) is 6.61 Å². The predicted molar refractivity (Wildman–Crippen MR) is 80.3 cm³/mol. The largest absolute Gasteiger partial charge is 0.543 e. The number of rotatable bonds is 4. The Bertz CT molecular complexity index is 462. The molecule has 1 N–H and O–H groups in total. The zero-order chi connectivity index (χ0) is 14.7. The lowest BCUT2D eigenvalue weighted by Crippen LogP contribution is -2.43. The minimum Gasteiger partial charge on any atom is -0.543 e. The summed E-state index contributed by atoms with van der Waals surface area (Å²) in [5.41, 5.74) is 0.455. The van der Waals surface area contributed by atoms with Crippen molar-refractivity contribution < 1.29 is 13.9 Å². The molecule has 1 aromatic carbocycles. The van der Waals surface area contributed by atoms with Gasteiger partial charge in [-0.15, -0.1) is 0 Å². The van der Waals surface area contributed by atoms with Crippen molar-refractivity contribution in [2.45, 2.75) is 38.9 Å². The third kappa shape index (κ3) is 4.18. The maximum Gasteiger partial charge on any atom is 0.250 e. The lowest BCUT2D eigenvalue weighted by Gasteiger charge is -2.36. The van der Waals surface area contributed by atoms with E-state index in [0.29, 0.717) is 11.3 Å². The van der Waals surface area contributed by atoms with E-state index in [0.717, 1.165) is 0 Å². The fourth-order valence-electron chi connectivity index (χ4n) is 1.33. The van der Waals surface area contributed by atoms with Crippen molar-refractivity contribution in [2.24, 2.45) is 0 Å². The van der Waals surface area contributed by atoms with Crippen LogP contribution in [0.4, 0.5) is 4.39 Å². The first kappa shape index (κ1) is 15.9. The van der Waals surface area contributed by atoms with Crippen molar-refractivity contribution in [3.05, 3.63) is 35.7 Å². The number of hydrogen-bond donors (Lipinski definition) is 1. The van der Waals surface area contributed by atoms with Crippen LogP contribution in [0.15, 0.2) is 24.3 Å². The van der Waals surface area contributed by atoms with Crippen LogP contribution < -0.4 is 4.43 Å². The normalized spacial score (nSPS) is 13.0. The Kier molecular flexibility index (Phi) is 4.93. The molecular formula is C15H23FO2Si. The summed E-state index contributed by atoms with van der Waals surface area (Å²) in [7, 11) is -1.94. The van der Waals surface area contributed by atoms with Gasteiger partial charge in [0.2, 0.25) is 8.32 Å². The van der Waals surface area contributed by atoms with Crippen LogP contribution in [-0.4, -0.2) is 20.0 Å². The van der Waals surface area contributed by atoms with E-state index in [-0.39, 0.29) is 17.5 Å². The molecule has 0 spiro atoms. The van der Waals surface area contributed by atoms with Gasteiger partial charge < -0.3 is 9.53 Å². The van der Waals surface area contributed by atoms with Crippen LogP contribution >= 0.6 is 0 Å². The number of hydrogen-bond acceptors (Lipinski definition) is 2. The smallest absolute Gasteiger partial charge is 0.250 e. The molecule has 1 aromatic rings. The van der Waals surface area contributed by atoms with Crippen molar-refractivity contribution >= 4 is 14.4 Å². The second-order valence-corrected chi connectivity index (χ2v) is 10.9. The highest BCUT2D eigenvalue weighted by atomic mass is 28.4. The van der Waals surface area contributed by atoms with Crippen LogP contribution in [0.3, 0.4) is 0 Å². The van der Waals surface area contributed by atoms with Crippen LogP contribution in [-0.2, 0) is 0 Å². The standard InChI is InChI=1S/C15H23FO2Si/c1-15(2,3)19(4,5)18-13-9-8-12(7-6-10-17)14(16)11-13/h6-9,11,17H,10H2,1-5H3. The summed E-state index contributed by atoms with van der Waals surface area (Å²) < 4.78 is 19.9. The van der Waals surface area contributed by atoms with Gasteiger partial charge in [0.05, 0.1) is 6.61 Å². The van der Waals surface area contributed by atoms with E-state index in [1.807, 2.05) is 0 Å². The topological polar surface area (TPSA) is 29.5 Å². The molecule has 4 heteroatoms. The van der Waals surface area contributed by atoms with Gasteiger partial charge in [0.1, 0.15) is 11.6 Å². The van der Waals surface area contributed by atoms with E-state index in [1.165, 1.54) is 12.1 Å². The van der Waals surface area contributed by atoms with E-state index in [9.17, 15) is 4.39 Å². The number of halogens is 1. The zero-order valence-electron chi connectivity index (χ0n) is 12.3. The SMILES string of the molecule is CC(C)(C)[Si](C)(C)Oc1ccc(C=CCO)c(F)c1. The van der Waals surface area contributed by atoms with Crippen LogP contribution in [0.5, 0.6) is 5.75 Å². The Morgan fingerprint density at radius 3 is 2.42 bits per heavy atom. The van der Waals surface area contributed by atoms with Crippen molar-refractivity contribution in [1.82, 2.24) is 0 Å². The highest BCUT2D eigenvalue weighted by Crippen LogP contribution is 2.37. The molecule has 0 saturated carbocycles. The number of aliphatic hydroxyl groups is 1. The van der Waals surface area contributed by atoms with Gasteiger partial charge in [0.25, 0.3) is 0 Å². The summed E-state index contributed by atoms with van der Waals surface area (Å²) in [5.74, 6) is 0.242. The minimum atomic E-state index is -1.94. The summed E-state index contributed by atoms with van der Waals surface area (Å²) in [6, 6.07) is 4.86. The molecule has 0 unspecified atom stereocenters. The van der Waals surface area contributed by atoms with Crippen molar-refractivity contribution in [3.63, 3.8) is 0 Å². The van der Waals surface area contributed by atoms with E-state index >= 15 is 0 Å². The summed E-state index contributed by atoms with van der Waals surface area (Å²) in [5, 5.41) is 8.77. The minimum absolute atomic E-state index is 0.0823. The average molecular weight is 282 g/mol. The van der Waals surface area contributed by atoms with Crippen molar-refractivity contribution in [1.29, 1.82) is 0 Å². The number of aliphatic hydroxyl groups excluding tert-OH is 1. The van der Waals surface area contributed by atoms with Gasteiger partial charge in [0.15, 0.2) is 0 Å². The molecule has 0 amide bonds. The van der Waals surface area contributed by atoms with Gasteiger partial charge in [-0.25, -0.2) is 4.39 Å². The second kappa shape index (κ2) is 5.88. The lowest BCUT2D eigenvalue weighted by molar-refractivity contribution is 0.343. The first-order valence-electron chi connectivity index (χ1n) is 6.43. The van der Waals surface area contributed by atoms with Crippen LogP contribution in [0, 0.1) is 5.82 Å². The molecule has 1 rings (SSSR count). The van der Waals surface area contributed by atoms with Gasteiger partial charge in [-0.1, -0.05) is 32.9 Å².